The summed E-state index contributed by atoms with van der Waals surface area (Å²) in [6, 6.07) is 4.33. The maximum Gasteiger partial charge on any atom is 0.168 e. The molecule has 94 valence electrons. The van der Waals surface area contributed by atoms with Gasteiger partial charge in [0.1, 0.15) is 0 Å². The van der Waals surface area contributed by atoms with Crippen molar-refractivity contribution < 1.29 is 4.74 Å². The van der Waals surface area contributed by atoms with E-state index in [1.165, 1.54) is 25.7 Å². The highest BCUT2D eigenvalue weighted by Gasteiger charge is 2.32. The topological polar surface area (TPSA) is 34.1 Å². The first-order valence-corrected chi connectivity index (χ1v) is 6.39. The molecule has 0 bridgehead atoms. The molecule has 3 nitrogen and oxygen atoms in total. The van der Waals surface area contributed by atoms with Crippen molar-refractivity contribution in [3.8, 4) is 5.75 Å². The highest BCUT2D eigenvalue weighted by Crippen LogP contribution is 2.38. The van der Waals surface area contributed by atoms with Crippen molar-refractivity contribution in [3.63, 3.8) is 0 Å². The molecule has 1 fully saturated rings. The third kappa shape index (κ3) is 2.71. The second-order valence-corrected chi connectivity index (χ2v) is 5.49. The van der Waals surface area contributed by atoms with Gasteiger partial charge >= 0.3 is 0 Å². The molecule has 1 atom stereocenters. The number of hydrogen-bond acceptors (Lipinski definition) is 3. The molecule has 1 aromatic heterocycles. The average Bonchev–Trinajstić information content (AvgIpc) is 2.32. The van der Waals surface area contributed by atoms with Crippen LogP contribution in [0, 0.1) is 5.41 Å². The third-order valence-electron chi connectivity index (χ3n) is 3.81. The normalized spacial score (nSPS) is 23.1. The number of anilines is 1. The molecule has 1 heterocycles. The van der Waals surface area contributed by atoms with Crippen LogP contribution in [0.15, 0.2) is 18.3 Å². The fourth-order valence-electron chi connectivity index (χ4n) is 2.59. The van der Waals surface area contributed by atoms with Gasteiger partial charge in [0.2, 0.25) is 0 Å². The zero-order chi connectivity index (χ0) is 12.3. The van der Waals surface area contributed by atoms with Gasteiger partial charge in [-0.05, 0) is 30.4 Å². The number of aromatic nitrogens is 1. The minimum absolute atomic E-state index is 0.334. The van der Waals surface area contributed by atoms with Crippen LogP contribution in [0.25, 0.3) is 0 Å². The van der Waals surface area contributed by atoms with E-state index in [4.69, 9.17) is 4.74 Å². The summed E-state index contributed by atoms with van der Waals surface area (Å²) in [5, 5.41) is 3.55. The first-order chi connectivity index (χ1) is 8.13. The standard InChI is InChI=1S/C14H22N2O/c1-14(2)9-5-4-8-12(14)16-13-11(17-3)7-6-10-15-13/h6-7,10,12H,4-5,8-9H2,1-3H3,(H,15,16). The van der Waals surface area contributed by atoms with E-state index in [0.717, 1.165) is 11.6 Å². The van der Waals surface area contributed by atoms with Crippen LogP contribution in [0.2, 0.25) is 0 Å². The molecular formula is C14H22N2O. The Kier molecular flexibility index (Phi) is 3.55. The molecule has 0 spiro atoms. The lowest BCUT2D eigenvalue weighted by atomic mass is 9.73. The fourth-order valence-corrected chi connectivity index (χ4v) is 2.59. The van der Waals surface area contributed by atoms with Gasteiger partial charge in [-0.25, -0.2) is 4.98 Å². The van der Waals surface area contributed by atoms with E-state index in [9.17, 15) is 0 Å². The van der Waals surface area contributed by atoms with Crippen molar-refractivity contribution in [1.29, 1.82) is 0 Å². The van der Waals surface area contributed by atoms with E-state index in [1.807, 2.05) is 12.1 Å². The van der Waals surface area contributed by atoms with E-state index in [0.29, 0.717) is 11.5 Å². The number of ether oxygens (including phenoxy) is 1. The van der Waals surface area contributed by atoms with E-state index >= 15 is 0 Å². The van der Waals surface area contributed by atoms with E-state index in [1.54, 1.807) is 13.3 Å². The lowest BCUT2D eigenvalue weighted by Gasteiger charge is -2.39. The van der Waals surface area contributed by atoms with E-state index in [2.05, 4.69) is 24.1 Å². The monoisotopic (exact) mass is 234 g/mol. The molecule has 1 aliphatic rings. The Balaban J connectivity index is 2.14. The van der Waals surface area contributed by atoms with Gasteiger partial charge in [-0.15, -0.1) is 0 Å². The second-order valence-electron chi connectivity index (χ2n) is 5.49. The molecule has 0 saturated heterocycles. The van der Waals surface area contributed by atoms with Crippen molar-refractivity contribution in [2.75, 3.05) is 12.4 Å². The van der Waals surface area contributed by atoms with Gasteiger partial charge in [0.25, 0.3) is 0 Å². The highest BCUT2D eigenvalue weighted by molar-refractivity contribution is 5.50. The molecular weight excluding hydrogens is 212 g/mol. The molecule has 0 radical (unpaired) electrons. The summed E-state index contributed by atoms with van der Waals surface area (Å²) in [5.74, 6) is 1.70. The SMILES string of the molecule is COc1cccnc1NC1CCCCC1(C)C. The van der Waals surface area contributed by atoms with Gasteiger partial charge < -0.3 is 10.1 Å². The van der Waals surface area contributed by atoms with Crippen LogP contribution in [0.1, 0.15) is 39.5 Å². The fraction of sp³-hybridized carbons (Fsp3) is 0.643. The molecule has 1 saturated carbocycles. The minimum atomic E-state index is 0.334. The van der Waals surface area contributed by atoms with Crippen molar-refractivity contribution in [3.05, 3.63) is 18.3 Å². The van der Waals surface area contributed by atoms with Gasteiger partial charge in [-0.2, -0.15) is 0 Å². The number of rotatable bonds is 3. The van der Waals surface area contributed by atoms with Crippen molar-refractivity contribution in [2.45, 2.75) is 45.6 Å². The number of hydrogen-bond donors (Lipinski definition) is 1. The van der Waals surface area contributed by atoms with Crippen LogP contribution in [0.5, 0.6) is 5.75 Å². The van der Waals surface area contributed by atoms with E-state index in [-0.39, 0.29) is 0 Å². The molecule has 2 rings (SSSR count). The molecule has 0 aliphatic heterocycles. The zero-order valence-corrected chi connectivity index (χ0v) is 11.0. The molecule has 3 heteroatoms. The van der Waals surface area contributed by atoms with Gasteiger partial charge in [-0.1, -0.05) is 26.7 Å². The number of nitrogens with zero attached hydrogens (tertiary/aromatic N) is 1. The van der Waals surface area contributed by atoms with Crippen LogP contribution in [-0.2, 0) is 0 Å². The predicted octanol–water partition coefficient (Wildman–Crippen LogP) is 3.47. The van der Waals surface area contributed by atoms with Gasteiger partial charge in [0.05, 0.1) is 7.11 Å². The Labute approximate surface area is 104 Å². The van der Waals surface area contributed by atoms with Crippen LogP contribution < -0.4 is 10.1 Å². The van der Waals surface area contributed by atoms with Gasteiger partial charge in [0, 0.05) is 12.2 Å². The summed E-state index contributed by atoms with van der Waals surface area (Å²) in [4.78, 5) is 4.37. The number of nitrogens with one attached hydrogen (secondary N) is 1. The molecule has 0 aromatic carbocycles. The molecule has 1 N–H and O–H groups in total. The summed E-state index contributed by atoms with van der Waals surface area (Å²) in [6.45, 7) is 4.67. The Bertz CT molecular complexity index is 376. The van der Waals surface area contributed by atoms with Gasteiger partial charge in [-0.3, -0.25) is 0 Å². The molecule has 0 amide bonds. The Morgan fingerprint density at radius 2 is 2.24 bits per heavy atom. The largest absolute Gasteiger partial charge is 0.493 e. The molecule has 1 aliphatic carbocycles. The average molecular weight is 234 g/mol. The minimum Gasteiger partial charge on any atom is -0.493 e. The van der Waals surface area contributed by atoms with Crippen molar-refractivity contribution in [1.82, 2.24) is 4.98 Å². The number of pyridine rings is 1. The Hall–Kier alpha value is -1.25. The quantitative estimate of drug-likeness (QED) is 0.869. The maximum absolute atomic E-state index is 5.33. The summed E-state index contributed by atoms with van der Waals surface area (Å²) >= 11 is 0. The lowest BCUT2D eigenvalue weighted by molar-refractivity contribution is 0.216. The first kappa shape index (κ1) is 12.2. The second kappa shape index (κ2) is 4.94. The highest BCUT2D eigenvalue weighted by atomic mass is 16.5. The van der Waals surface area contributed by atoms with Gasteiger partial charge in [0.15, 0.2) is 11.6 Å². The van der Waals surface area contributed by atoms with Crippen molar-refractivity contribution in [2.24, 2.45) is 5.41 Å². The third-order valence-corrected chi connectivity index (χ3v) is 3.81. The Morgan fingerprint density at radius 3 is 2.94 bits per heavy atom. The predicted molar refractivity (Wildman–Crippen MR) is 70.4 cm³/mol. The lowest BCUT2D eigenvalue weighted by Crippen LogP contribution is -2.39. The molecule has 1 unspecified atom stereocenters. The van der Waals surface area contributed by atoms with Crippen molar-refractivity contribution >= 4 is 5.82 Å². The first-order valence-electron chi connectivity index (χ1n) is 6.39. The Morgan fingerprint density at radius 1 is 1.41 bits per heavy atom. The molecule has 1 aromatic rings. The van der Waals surface area contributed by atoms with Crippen LogP contribution in [0.3, 0.4) is 0 Å². The smallest absolute Gasteiger partial charge is 0.168 e. The van der Waals surface area contributed by atoms with Crippen LogP contribution >= 0.6 is 0 Å². The summed E-state index contributed by atoms with van der Waals surface area (Å²) in [7, 11) is 1.69. The summed E-state index contributed by atoms with van der Waals surface area (Å²) in [6.07, 6.45) is 6.94. The molecule has 17 heavy (non-hydrogen) atoms. The maximum atomic E-state index is 5.33. The zero-order valence-electron chi connectivity index (χ0n) is 11.0. The van der Waals surface area contributed by atoms with E-state index < -0.39 is 0 Å². The summed E-state index contributed by atoms with van der Waals surface area (Å²) < 4.78 is 5.33. The van der Waals surface area contributed by atoms with Crippen LogP contribution in [0.4, 0.5) is 5.82 Å². The van der Waals surface area contributed by atoms with Crippen LogP contribution in [-0.4, -0.2) is 18.1 Å². The number of methoxy groups -OCH3 is 1. The summed E-state index contributed by atoms with van der Waals surface area (Å²) in [5.41, 5.74) is 0.334.